The molecule has 2 aromatic heterocycles. The Morgan fingerprint density at radius 3 is 1.14 bits per heavy atom. The predicted octanol–water partition coefficient (Wildman–Crippen LogP) is 11.5. The largest absolute Gasteiger partial charge is 0.456 e. The Kier molecular flexibility index (Phi) is 29.4. The van der Waals surface area contributed by atoms with Crippen LogP contribution < -0.4 is 21.3 Å². The lowest BCUT2D eigenvalue weighted by atomic mass is 9.82. The number of benzene rings is 4. The number of hydrogen-bond donors (Lipinski definition) is 6. The minimum absolute atomic E-state index is 0.103. The van der Waals surface area contributed by atoms with E-state index in [1.807, 2.05) is 56.0 Å². The maximum absolute atomic E-state index is 13.7. The molecule has 6 aliphatic rings. The molecule has 4 aliphatic heterocycles. The molecule has 6 N–H and O–H groups in total. The minimum Gasteiger partial charge on any atom is -0.456 e. The van der Waals surface area contributed by atoms with Crippen molar-refractivity contribution in [3.63, 3.8) is 0 Å². The number of Topliss-reactive ketones (excluding diaryl/α,β-unsaturated/α-hetero) is 2. The molecule has 12 rings (SSSR count). The molecule has 0 unspecified atom stereocenters. The van der Waals surface area contributed by atoms with Crippen molar-refractivity contribution in [1.82, 2.24) is 60.8 Å². The molecule has 4 fully saturated rings. The first-order chi connectivity index (χ1) is 56.6. The number of imidazole rings is 2. The third-order valence-electron chi connectivity index (χ3n) is 23.5. The zero-order chi connectivity index (χ0) is 84.8. The molecule has 8 atom stereocenters. The number of H-pyrrole nitrogens is 2. The molecule has 4 saturated heterocycles. The van der Waals surface area contributed by atoms with Crippen LogP contribution in [0.5, 0.6) is 0 Å². The van der Waals surface area contributed by atoms with Gasteiger partial charge in [0.25, 0.3) is 0 Å². The summed E-state index contributed by atoms with van der Waals surface area (Å²) >= 11 is 0. The molecular weight excluding hydrogens is 1510 g/mol. The van der Waals surface area contributed by atoms with E-state index in [9.17, 15) is 57.5 Å². The van der Waals surface area contributed by atoms with Gasteiger partial charge in [0.05, 0.1) is 64.3 Å². The van der Waals surface area contributed by atoms with Crippen molar-refractivity contribution in [1.29, 1.82) is 0 Å². The fraction of sp³-hybridized carbons (Fsp3) is 0.523. The summed E-state index contributed by atoms with van der Waals surface area (Å²) in [5, 5.41) is 10.5. The maximum Gasteiger partial charge on any atom is 0.407 e. The Balaban J connectivity index is 0.000000231. The highest BCUT2D eigenvalue weighted by Gasteiger charge is 2.44. The van der Waals surface area contributed by atoms with Crippen LogP contribution in [0.3, 0.4) is 0 Å². The predicted molar refractivity (Wildman–Crippen MR) is 436 cm³/mol. The smallest absolute Gasteiger partial charge is 0.407 e. The molecule has 118 heavy (non-hydrogen) atoms. The highest BCUT2D eigenvalue weighted by molar-refractivity contribution is 6.02. The number of nitrogens with zero attached hydrogens (tertiary/aromatic N) is 6. The quantitative estimate of drug-likeness (QED) is 0.0167. The Hall–Kier alpha value is -11.5. The Morgan fingerprint density at radius 1 is 0.381 bits per heavy atom. The van der Waals surface area contributed by atoms with E-state index in [-0.39, 0.29) is 53.4 Å². The van der Waals surface area contributed by atoms with E-state index in [4.69, 9.17) is 28.9 Å². The summed E-state index contributed by atoms with van der Waals surface area (Å²) in [6.07, 6.45) is 13.6. The van der Waals surface area contributed by atoms with Gasteiger partial charge in [-0.05, 0) is 176 Å². The first-order valence-electron chi connectivity index (χ1n) is 41.3. The zero-order valence-electron chi connectivity index (χ0n) is 69.6. The van der Waals surface area contributed by atoms with Gasteiger partial charge >= 0.3 is 36.3 Å². The lowest BCUT2D eigenvalue weighted by Gasteiger charge is -2.30. The average Bonchev–Trinajstić information content (AvgIpc) is 1.64. The number of hydrogen-bond acceptors (Lipinski definition) is 20. The van der Waals surface area contributed by atoms with Gasteiger partial charge in [-0.2, -0.15) is 0 Å². The first-order valence-corrected chi connectivity index (χ1v) is 41.3. The number of esters is 2. The van der Waals surface area contributed by atoms with E-state index in [1.165, 1.54) is 54.9 Å². The molecular formula is C88H112N12O18. The van der Waals surface area contributed by atoms with Crippen molar-refractivity contribution < 1.29 is 86.0 Å². The Labute approximate surface area is 688 Å². The maximum atomic E-state index is 13.7. The molecule has 30 heteroatoms. The van der Waals surface area contributed by atoms with E-state index in [0.29, 0.717) is 69.4 Å². The molecule has 0 spiro atoms. The highest BCUT2D eigenvalue weighted by Crippen LogP contribution is 2.42. The lowest BCUT2D eigenvalue weighted by molar-refractivity contribution is -0.153. The summed E-state index contributed by atoms with van der Waals surface area (Å²) < 4.78 is 29.8. The SMILES string of the molecule is COC(=O)N[C@H](C(=O)N1CCC[C@H]1C(=O)OCC(=O)c1ccc(-c2ccc(C(=O)COC(=O)[C@@H]3CCCN3C(=O)[C@@H](NC(=O)OC)C(C)C)c3c2CCCC3)cc1)C(C)C.COC(=O)N[C@H](C(=O)N1CCC[C@H]1c1ncc(-c2ccc(-c3ccc(-c4cnc([C@@H]5CCCN5C(=O)[C@@H](NC(=O)OC)C(C)C)[nH]4)c4c3CCCC4)cc2)[nH]1)C(C)C. The first kappa shape index (κ1) is 87.4. The number of ether oxygens (including phenoxy) is 6. The molecule has 0 bridgehead atoms. The Morgan fingerprint density at radius 2 is 0.712 bits per heavy atom. The minimum atomic E-state index is -0.894. The highest BCUT2D eigenvalue weighted by atomic mass is 16.6. The summed E-state index contributed by atoms with van der Waals surface area (Å²) in [7, 11) is 5.01. The number of carbonyl (C=O) groups is 12. The summed E-state index contributed by atoms with van der Waals surface area (Å²) in [4.78, 5) is 178. The van der Waals surface area contributed by atoms with Crippen molar-refractivity contribution in [2.24, 2.45) is 23.7 Å². The van der Waals surface area contributed by atoms with Crippen molar-refractivity contribution in [3.05, 3.63) is 130 Å². The average molecular weight is 1630 g/mol. The fourth-order valence-electron chi connectivity index (χ4n) is 17.1. The summed E-state index contributed by atoms with van der Waals surface area (Å²) in [6, 6.07) is 18.2. The second-order valence-corrected chi connectivity index (χ2v) is 32.4. The second-order valence-electron chi connectivity index (χ2n) is 32.4. The van der Waals surface area contributed by atoms with Crippen LogP contribution in [0.1, 0.15) is 199 Å². The van der Waals surface area contributed by atoms with Crippen LogP contribution in [0.15, 0.2) is 85.2 Å². The van der Waals surface area contributed by atoms with Gasteiger partial charge in [0.15, 0.2) is 19.0 Å². The van der Waals surface area contributed by atoms with Crippen molar-refractivity contribution in [2.75, 3.05) is 67.8 Å². The number of ketones is 2. The van der Waals surface area contributed by atoms with Crippen LogP contribution >= 0.6 is 0 Å². The summed E-state index contributed by atoms with van der Waals surface area (Å²) in [6.45, 7) is 15.6. The van der Waals surface area contributed by atoms with Gasteiger partial charge in [0, 0.05) is 42.9 Å². The summed E-state index contributed by atoms with van der Waals surface area (Å²) in [5.41, 5.74) is 13.5. The monoisotopic (exact) mass is 1620 g/mol. The molecule has 632 valence electrons. The molecule has 30 nitrogen and oxygen atoms in total. The van der Waals surface area contributed by atoms with Crippen molar-refractivity contribution in [2.45, 2.75) is 206 Å². The van der Waals surface area contributed by atoms with Crippen LogP contribution in [0, 0.1) is 23.7 Å². The molecule has 4 aromatic carbocycles. The molecule has 8 amide bonds. The van der Waals surface area contributed by atoms with Gasteiger partial charge in [-0.3, -0.25) is 28.8 Å². The van der Waals surface area contributed by atoms with Gasteiger partial charge in [-0.1, -0.05) is 128 Å². The third-order valence-corrected chi connectivity index (χ3v) is 23.5. The third kappa shape index (κ3) is 20.0. The van der Waals surface area contributed by atoms with Gasteiger partial charge < -0.3 is 79.3 Å². The van der Waals surface area contributed by atoms with E-state index in [1.54, 1.807) is 58.0 Å². The van der Waals surface area contributed by atoms with Gasteiger partial charge in [0.1, 0.15) is 47.9 Å². The van der Waals surface area contributed by atoms with Crippen molar-refractivity contribution >= 4 is 71.5 Å². The number of likely N-dealkylation sites (tertiary alicyclic amines) is 4. The number of carbonyl (C=O) groups excluding carboxylic acids is 12. The van der Waals surface area contributed by atoms with Crippen LogP contribution in [0.4, 0.5) is 19.2 Å². The van der Waals surface area contributed by atoms with E-state index >= 15 is 0 Å². The number of fused-ring (bicyclic) bond motifs is 2. The second kappa shape index (κ2) is 39.7. The number of rotatable bonds is 26. The number of aromatic nitrogens is 4. The number of nitrogens with one attached hydrogen (secondary N) is 6. The standard InChI is InChI=1S/C44H56N8O6.C44H56N4O12/c1-25(2)37(49-43(55)57-5)41(53)51-21-9-13-35(51)39-45-23-33(47-39)28-17-15-27(16-18-28)29-19-20-32(31-12-8-7-11-30(29)31)34-24-46-40(48-34)36-14-10-22-52(36)42(54)38(26(3)4)50-44(56)58-6;1-25(2)37(45-43(55)57-5)39(51)47-21-9-13-33(47)41(53)59-23-35(49)28-17-15-27(16-18-28)29-19-20-32(31-12-8-7-11-30(29)31)36(50)24-60-42(54)34-14-10-22-48(34)40(52)38(26(3)4)46-44(56)58-6/h15-20,23-26,35-38H,7-14,21-22H2,1-6H3,(H,45,47)(H,46,48)(H,49,55)(H,50,56);15-20,25-26,33-34,37-38H,7-14,21-24H2,1-6H3,(H,45,55)(H,46,56)/t35-,36-,37-,38-;33-,34-,37-,38-/m00/s1. The molecule has 6 heterocycles. The Bertz CT molecular complexity index is 4670. The molecule has 0 radical (unpaired) electrons. The van der Waals surface area contributed by atoms with E-state index < -0.39 is 103 Å². The summed E-state index contributed by atoms with van der Waals surface area (Å²) in [5.74, 6) is -2.47. The number of amides is 8. The van der Waals surface area contributed by atoms with Crippen LogP contribution in [-0.4, -0.2) is 215 Å². The zero-order valence-corrected chi connectivity index (χ0v) is 69.6. The lowest BCUT2D eigenvalue weighted by Crippen LogP contribution is -2.54. The molecule has 0 saturated carbocycles. The normalized spacial score (nSPS) is 18.6. The fourth-order valence-corrected chi connectivity index (χ4v) is 17.1. The molecule has 6 aromatic rings. The van der Waals surface area contributed by atoms with Crippen molar-refractivity contribution in [3.8, 4) is 44.8 Å². The van der Waals surface area contributed by atoms with Crippen LogP contribution in [-0.2, 0) is 82.9 Å². The number of aromatic amines is 2. The van der Waals surface area contributed by atoms with E-state index in [0.717, 1.165) is 133 Å². The van der Waals surface area contributed by atoms with Gasteiger partial charge in [-0.15, -0.1) is 0 Å². The topological polar surface area (TPSA) is 379 Å². The molecule has 2 aliphatic carbocycles. The van der Waals surface area contributed by atoms with Crippen LogP contribution in [0.25, 0.3) is 44.8 Å². The van der Waals surface area contributed by atoms with Crippen LogP contribution in [0.2, 0.25) is 0 Å². The van der Waals surface area contributed by atoms with E-state index in [2.05, 4.69) is 77.1 Å². The number of alkyl carbamates (subject to hydrolysis) is 4. The number of methoxy groups -OCH3 is 4. The van der Waals surface area contributed by atoms with Gasteiger partial charge in [-0.25, -0.2) is 38.7 Å². The van der Waals surface area contributed by atoms with Gasteiger partial charge in [0.2, 0.25) is 29.4 Å².